The summed E-state index contributed by atoms with van der Waals surface area (Å²) in [4.78, 5) is 13.2. The lowest BCUT2D eigenvalue weighted by Gasteiger charge is -1.91. The smallest absolute Gasteiger partial charge is 0.169 e. The summed E-state index contributed by atoms with van der Waals surface area (Å²) in [7, 11) is 0. The van der Waals surface area contributed by atoms with Crippen LogP contribution in [0.2, 0.25) is 0 Å². The molecule has 0 atom stereocenters. The molecule has 0 aliphatic heterocycles. The molecule has 0 aromatic carbocycles. The van der Waals surface area contributed by atoms with Crippen LogP contribution in [0.4, 0.5) is 0 Å². The third kappa shape index (κ3) is 2.11. The van der Waals surface area contributed by atoms with Gasteiger partial charge in [0.1, 0.15) is 0 Å². The molecule has 0 aliphatic carbocycles. The van der Waals surface area contributed by atoms with Crippen LogP contribution in [0.5, 0.6) is 0 Å². The van der Waals surface area contributed by atoms with E-state index in [1.807, 2.05) is 12.1 Å². The molecular weight excluding hydrogens is 212 g/mol. The Bertz CT molecular complexity index is 426. The lowest BCUT2D eigenvalue weighted by molar-refractivity contribution is 0.102. The fourth-order valence-electron chi connectivity index (χ4n) is 1.26. The number of carbonyl (C=O) groups is 1. The molecule has 14 heavy (non-hydrogen) atoms. The molecule has 0 bridgehead atoms. The molecule has 0 N–H and O–H groups in total. The number of hydrogen-bond acceptors (Lipinski definition) is 3. The van der Waals surface area contributed by atoms with Crippen LogP contribution >= 0.6 is 22.7 Å². The summed E-state index contributed by atoms with van der Waals surface area (Å²) >= 11 is 3.30. The Labute approximate surface area is 91.0 Å². The summed E-state index contributed by atoms with van der Waals surface area (Å²) in [6, 6.07) is 6.07. The average Bonchev–Trinajstić information content (AvgIpc) is 2.75. The molecular formula is C11H10OS2. The van der Waals surface area contributed by atoms with E-state index in [2.05, 4.69) is 16.8 Å². The first kappa shape index (κ1) is 9.62. The van der Waals surface area contributed by atoms with Crippen LogP contribution < -0.4 is 0 Å². The Balaban J connectivity index is 2.14. The summed E-state index contributed by atoms with van der Waals surface area (Å²) in [5.41, 5.74) is 1.33. The second-order valence-electron chi connectivity index (χ2n) is 3.13. The number of ketones is 1. The zero-order chi connectivity index (χ0) is 9.97. The molecule has 2 aromatic rings. The average molecular weight is 222 g/mol. The highest BCUT2D eigenvalue weighted by molar-refractivity contribution is 7.14. The van der Waals surface area contributed by atoms with E-state index in [4.69, 9.17) is 0 Å². The van der Waals surface area contributed by atoms with Crippen LogP contribution in [0.15, 0.2) is 29.0 Å². The number of Topliss-reactive ketones (excluding diaryl/α,β-unsaturated/α-hetero) is 1. The van der Waals surface area contributed by atoms with Crippen LogP contribution in [-0.2, 0) is 6.42 Å². The number of hydrogen-bond donors (Lipinski definition) is 0. The molecule has 0 saturated carbocycles. The topological polar surface area (TPSA) is 17.1 Å². The molecule has 2 heterocycles. The van der Waals surface area contributed by atoms with Gasteiger partial charge in [-0.3, -0.25) is 4.79 Å². The van der Waals surface area contributed by atoms with E-state index < -0.39 is 0 Å². The number of carbonyl (C=O) groups excluding carboxylic acids is 1. The second-order valence-corrected chi connectivity index (χ2v) is 5.08. The highest BCUT2D eigenvalue weighted by Gasteiger charge is 2.04. The Morgan fingerprint density at radius 1 is 1.36 bits per heavy atom. The lowest BCUT2D eigenvalue weighted by atomic mass is 10.2. The van der Waals surface area contributed by atoms with Gasteiger partial charge < -0.3 is 0 Å². The van der Waals surface area contributed by atoms with Crippen molar-refractivity contribution >= 4 is 28.5 Å². The van der Waals surface area contributed by atoms with E-state index in [1.165, 1.54) is 10.4 Å². The number of thiophene rings is 2. The van der Waals surface area contributed by atoms with E-state index in [0.29, 0.717) is 0 Å². The molecule has 0 unspecified atom stereocenters. The van der Waals surface area contributed by atoms with Gasteiger partial charge in [-0.05, 0) is 41.4 Å². The molecule has 72 valence electrons. The first-order chi connectivity index (χ1) is 6.75. The maximum Gasteiger partial charge on any atom is 0.169 e. The third-order valence-electron chi connectivity index (χ3n) is 1.97. The van der Waals surface area contributed by atoms with Gasteiger partial charge in [-0.15, -0.1) is 11.3 Å². The first-order valence-corrected chi connectivity index (χ1v) is 6.12. The van der Waals surface area contributed by atoms with E-state index in [1.54, 1.807) is 29.6 Å². The van der Waals surface area contributed by atoms with E-state index in [0.717, 1.165) is 11.3 Å². The van der Waals surface area contributed by atoms with Gasteiger partial charge in [0.2, 0.25) is 0 Å². The van der Waals surface area contributed by atoms with Crippen LogP contribution in [0.3, 0.4) is 0 Å². The minimum Gasteiger partial charge on any atom is -0.294 e. The molecule has 0 fully saturated rings. The van der Waals surface area contributed by atoms with Crippen molar-refractivity contribution in [2.45, 2.75) is 13.3 Å². The zero-order valence-electron chi connectivity index (χ0n) is 7.82. The van der Waals surface area contributed by atoms with Crippen LogP contribution in [0.1, 0.15) is 27.0 Å². The van der Waals surface area contributed by atoms with Gasteiger partial charge in [0.25, 0.3) is 0 Å². The fourth-order valence-corrected chi connectivity index (χ4v) is 2.86. The standard InChI is InChI=1S/C11H10OS2/c1-8(12)11-3-2-10(14-11)6-9-4-5-13-7-9/h2-5,7H,6H2,1H3. The largest absolute Gasteiger partial charge is 0.294 e. The van der Waals surface area contributed by atoms with Crippen LogP contribution in [-0.4, -0.2) is 5.78 Å². The minimum absolute atomic E-state index is 0.159. The van der Waals surface area contributed by atoms with Crippen molar-refractivity contribution in [3.8, 4) is 0 Å². The monoisotopic (exact) mass is 222 g/mol. The maximum absolute atomic E-state index is 11.1. The summed E-state index contributed by atoms with van der Waals surface area (Å²) in [6.07, 6.45) is 0.946. The van der Waals surface area contributed by atoms with Crippen molar-refractivity contribution < 1.29 is 4.79 Å². The van der Waals surface area contributed by atoms with Gasteiger partial charge in [0.15, 0.2) is 5.78 Å². The SMILES string of the molecule is CC(=O)c1ccc(Cc2ccsc2)s1. The Morgan fingerprint density at radius 2 is 2.21 bits per heavy atom. The Kier molecular flexibility index (Phi) is 2.79. The summed E-state index contributed by atoms with van der Waals surface area (Å²) < 4.78 is 0. The number of rotatable bonds is 3. The summed E-state index contributed by atoms with van der Waals surface area (Å²) in [6.45, 7) is 1.61. The van der Waals surface area contributed by atoms with Crippen LogP contribution in [0, 0.1) is 0 Å². The Hall–Kier alpha value is -0.930. The van der Waals surface area contributed by atoms with Gasteiger partial charge in [-0.2, -0.15) is 11.3 Å². The predicted molar refractivity (Wildman–Crippen MR) is 61.4 cm³/mol. The van der Waals surface area contributed by atoms with Crippen LogP contribution in [0.25, 0.3) is 0 Å². The van der Waals surface area contributed by atoms with Gasteiger partial charge in [-0.1, -0.05) is 0 Å². The van der Waals surface area contributed by atoms with Gasteiger partial charge in [-0.25, -0.2) is 0 Å². The summed E-state index contributed by atoms with van der Waals surface area (Å²) in [5.74, 6) is 0.159. The molecule has 2 rings (SSSR count). The lowest BCUT2D eigenvalue weighted by Crippen LogP contribution is -1.84. The maximum atomic E-state index is 11.1. The summed E-state index contributed by atoms with van der Waals surface area (Å²) in [5, 5.41) is 4.22. The molecule has 0 amide bonds. The highest BCUT2D eigenvalue weighted by Crippen LogP contribution is 2.21. The third-order valence-corrected chi connectivity index (χ3v) is 3.89. The van der Waals surface area contributed by atoms with Crippen molar-refractivity contribution in [3.05, 3.63) is 44.3 Å². The van der Waals surface area contributed by atoms with E-state index in [-0.39, 0.29) is 5.78 Å². The van der Waals surface area contributed by atoms with Crippen molar-refractivity contribution in [1.82, 2.24) is 0 Å². The predicted octanol–water partition coefficient (Wildman–Crippen LogP) is 3.60. The van der Waals surface area contributed by atoms with Gasteiger partial charge in [0.05, 0.1) is 4.88 Å². The van der Waals surface area contributed by atoms with Gasteiger partial charge in [0, 0.05) is 11.3 Å². The van der Waals surface area contributed by atoms with Crippen molar-refractivity contribution in [1.29, 1.82) is 0 Å². The molecule has 0 saturated heterocycles. The normalized spacial score (nSPS) is 10.4. The first-order valence-electron chi connectivity index (χ1n) is 4.36. The zero-order valence-corrected chi connectivity index (χ0v) is 9.45. The molecule has 0 radical (unpaired) electrons. The van der Waals surface area contributed by atoms with Crippen molar-refractivity contribution in [3.63, 3.8) is 0 Å². The quantitative estimate of drug-likeness (QED) is 0.725. The van der Waals surface area contributed by atoms with Crippen molar-refractivity contribution in [2.24, 2.45) is 0 Å². The molecule has 0 aliphatic rings. The minimum atomic E-state index is 0.159. The van der Waals surface area contributed by atoms with Crippen molar-refractivity contribution in [2.75, 3.05) is 0 Å². The van der Waals surface area contributed by atoms with Gasteiger partial charge >= 0.3 is 0 Å². The van der Waals surface area contributed by atoms with E-state index >= 15 is 0 Å². The molecule has 0 spiro atoms. The fraction of sp³-hybridized carbons (Fsp3) is 0.182. The van der Waals surface area contributed by atoms with E-state index in [9.17, 15) is 4.79 Å². The Morgan fingerprint density at radius 3 is 2.79 bits per heavy atom. The molecule has 3 heteroatoms. The molecule has 1 nitrogen and oxygen atoms in total. The molecule has 2 aromatic heterocycles. The highest BCUT2D eigenvalue weighted by atomic mass is 32.1. The second kappa shape index (κ2) is 4.07.